The molecule has 0 atom stereocenters. The van der Waals surface area contributed by atoms with E-state index in [1.807, 2.05) is 37.3 Å². The van der Waals surface area contributed by atoms with Gasteiger partial charge >= 0.3 is 0 Å². The molecule has 7 heteroatoms. The van der Waals surface area contributed by atoms with Gasteiger partial charge in [0.05, 0.1) is 31.7 Å². The molecule has 0 bridgehead atoms. The fraction of sp³-hybridized carbons (Fsp3) is 0.300. The fourth-order valence-electron chi connectivity index (χ4n) is 2.45. The summed E-state index contributed by atoms with van der Waals surface area (Å²) in [6.45, 7) is 2.49. The number of nitrogens with one attached hydrogen (secondary N) is 2. The molecule has 144 valence electrons. The lowest BCUT2D eigenvalue weighted by molar-refractivity contribution is -0.125. The number of carbonyl (C=O) groups excluding carboxylic acids is 2. The van der Waals surface area contributed by atoms with Crippen LogP contribution in [0.3, 0.4) is 0 Å². The maximum atomic E-state index is 12.0. The van der Waals surface area contributed by atoms with Crippen molar-refractivity contribution in [2.24, 2.45) is 0 Å². The number of benzene rings is 2. The van der Waals surface area contributed by atoms with Gasteiger partial charge in [0, 0.05) is 6.54 Å². The zero-order valence-electron chi connectivity index (χ0n) is 15.4. The molecule has 0 aliphatic rings. The van der Waals surface area contributed by atoms with Crippen LogP contribution in [0.25, 0.3) is 0 Å². The number of ether oxygens (including phenoxy) is 2. The van der Waals surface area contributed by atoms with E-state index >= 15 is 0 Å². The predicted octanol–water partition coefficient (Wildman–Crippen LogP) is 2.72. The minimum Gasteiger partial charge on any atom is -0.493 e. The first-order chi connectivity index (χ1) is 13.0. The Hall–Kier alpha value is -2.73. The summed E-state index contributed by atoms with van der Waals surface area (Å²) in [6, 6.07) is 12.8. The molecular formula is C20H23ClN2O4. The molecule has 0 aliphatic heterocycles. The number of hydrogen-bond acceptors (Lipinski definition) is 4. The number of methoxy groups -OCH3 is 1. The third-order valence-corrected chi connectivity index (χ3v) is 4.00. The summed E-state index contributed by atoms with van der Waals surface area (Å²) in [7, 11) is 1.53. The van der Waals surface area contributed by atoms with Gasteiger partial charge in [0.15, 0.2) is 11.5 Å². The van der Waals surface area contributed by atoms with Crippen LogP contribution in [0.2, 0.25) is 5.02 Å². The van der Waals surface area contributed by atoms with Crippen LogP contribution in [0.5, 0.6) is 11.5 Å². The van der Waals surface area contributed by atoms with Crippen molar-refractivity contribution in [3.05, 3.63) is 58.6 Å². The molecule has 0 unspecified atom stereocenters. The van der Waals surface area contributed by atoms with Crippen LogP contribution in [-0.4, -0.2) is 32.1 Å². The van der Waals surface area contributed by atoms with E-state index in [4.69, 9.17) is 21.1 Å². The summed E-state index contributed by atoms with van der Waals surface area (Å²) < 4.78 is 10.7. The normalized spacial score (nSPS) is 10.2. The topological polar surface area (TPSA) is 76.7 Å². The first-order valence-electron chi connectivity index (χ1n) is 8.60. The SMILES string of the molecule is CCOc1c(Cl)cc(CNC(=O)CNC(=O)Cc2ccccc2)cc1OC. The Kier molecular flexibility index (Phi) is 7.95. The highest BCUT2D eigenvalue weighted by Crippen LogP contribution is 2.36. The lowest BCUT2D eigenvalue weighted by Crippen LogP contribution is -2.37. The molecule has 6 nitrogen and oxygen atoms in total. The Morgan fingerprint density at radius 3 is 2.44 bits per heavy atom. The maximum absolute atomic E-state index is 12.0. The second-order valence-electron chi connectivity index (χ2n) is 5.76. The quantitative estimate of drug-likeness (QED) is 0.690. The fourth-order valence-corrected chi connectivity index (χ4v) is 2.73. The minimum atomic E-state index is -0.291. The molecule has 27 heavy (non-hydrogen) atoms. The molecule has 0 aromatic heterocycles. The number of carbonyl (C=O) groups is 2. The van der Waals surface area contributed by atoms with Crippen molar-refractivity contribution in [3.63, 3.8) is 0 Å². The van der Waals surface area contributed by atoms with Gasteiger partial charge in [-0.05, 0) is 30.2 Å². The Morgan fingerprint density at radius 2 is 1.78 bits per heavy atom. The summed E-state index contributed by atoms with van der Waals surface area (Å²) in [5, 5.41) is 5.76. The smallest absolute Gasteiger partial charge is 0.239 e. The van der Waals surface area contributed by atoms with Crippen LogP contribution in [0.1, 0.15) is 18.1 Å². The van der Waals surface area contributed by atoms with E-state index in [0.717, 1.165) is 11.1 Å². The van der Waals surface area contributed by atoms with Crippen molar-refractivity contribution >= 4 is 23.4 Å². The summed E-state index contributed by atoms with van der Waals surface area (Å²) in [4.78, 5) is 23.8. The molecule has 0 saturated carbocycles. The van der Waals surface area contributed by atoms with Gasteiger partial charge in [0.2, 0.25) is 11.8 Å². The van der Waals surface area contributed by atoms with Gasteiger partial charge in [-0.15, -0.1) is 0 Å². The zero-order chi connectivity index (χ0) is 19.6. The molecule has 2 amide bonds. The van der Waals surface area contributed by atoms with Gasteiger partial charge < -0.3 is 20.1 Å². The summed E-state index contributed by atoms with van der Waals surface area (Å²) in [5.41, 5.74) is 1.66. The Balaban J connectivity index is 1.83. The lowest BCUT2D eigenvalue weighted by atomic mass is 10.1. The highest BCUT2D eigenvalue weighted by molar-refractivity contribution is 6.32. The van der Waals surface area contributed by atoms with Crippen molar-refractivity contribution in [1.29, 1.82) is 0 Å². The summed E-state index contributed by atoms with van der Waals surface area (Å²) in [5.74, 6) is 0.484. The van der Waals surface area contributed by atoms with Gasteiger partial charge in [-0.25, -0.2) is 0 Å². The lowest BCUT2D eigenvalue weighted by Gasteiger charge is -2.13. The summed E-state index contributed by atoms with van der Waals surface area (Å²) in [6.07, 6.45) is 0.236. The van der Waals surface area contributed by atoms with Gasteiger partial charge in [-0.3, -0.25) is 9.59 Å². The largest absolute Gasteiger partial charge is 0.493 e. The number of amides is 2. The van der Waals surface area contributed by atoms with E-state index in [9.17, 15) is 9.59 Å². The van der Waals surface area contributed by atoms with E-state index in [0.29, 0.717) is 23.1 Å². The van der Waals surface area contributed by atoms with Crippen molar-refractivity contribution in [2.75, 3.05) is 20.3 Å². The molecule has 2 aromatic rings. The van der Waals surface area contributed by atoms with Crippen LogP contribution in [0.4, 0.5) is 0 Å². The third kappa shape index (κ3) is 6.49. The molecule has 0 saturated heterocycles. The van der Waals surface area contributed by atoms with Crippen molar-refractivity contribution < 1.29 is 19.1 Å². The molecule has 0 heterocycles. The second kappa shape index (κ2) is 10.4. The van der Waals surface area contributed by atoms with E-state index in [2.05, 4.69) is 10.6 Å². The van der Waals surface area contributed by atoms with Crippen molar-refractivity contribution in [1.82, 2.24) is 10.6 Å². The molecular weight excluding hydrogens is 368 g/mol. The van der Waals surface area contributed by atoms with E-state index in [1.165, 1.54) is 7.11 Å². The molecule has 0 spiro atoms. The van der Waals surface area contributed by atoms with Crippen LogP contribution in [0.15, 0.2) is 42.5 Å². The van der Waals surface area contributed by atoms with Crippen LogP contribution in [0, 0.1) is 0 Å². The molecule has 0 aliphatic carbocycles. The molecule has 2 rings (SSSR count). The van der Waals surface area contributed by atoms with Crippen molar-refractivity contribution in [2.45, 2.75) is 19.9 Å². The van der Waals surface area contributed by atoms with Crippen LogP contribution >= 0.6 is 11.6 Å². The van der Waals surface area contributed by atoms with Crippen molar-refractivity contribution in [3.8, 4) is 11.5 Å². The predicted molar refractivity (Wildman–Crippen MR) is 104 cm³/mol. The summed E-state index contributed by atoms with van der Waals surface area (Å²) >= 11 is 6.21. The Morgan fingerprint density at radius 1 is 1.04 bits per heavy atom. The average Bonchev–Trinajstić information content (AvgIpc) is 2.67. The monoisotopic (exact) mass is 390 g/mol. The van der Waals surface area contributed by atoms with E-state index in [-0.39, 0.29) is 31.3 Å². The highest BCUT2D eigenvalue weighted by atomic mass is 35.5. The van der Waals surface area contributed by atoms with Gasteiger partial charge in [-0.2, -0.15) is 0 Å². The van der Waals surface area contributed by atoms with Gasteiger partial charge in [-0.1, -0.05) is 41.9 Å². The van der Waals surface area contributed by atoms with Crippen LogP contribution in [-0.2, 0) is 22.6 Å². The molecule has 0 fully saturated rings. The number of hydrogen-bond donors (Lipinski definition) is 2. The standard InChI is InChI=1S/C20H23ClN2O4/c1-3-27-20-16(21)9-15(10-17(20)26-2)12-22-19(25)13-23-18(24)11-14-7-5-4-6-8-14/h4-10H,3,11-13H2,1-2H3,(H,22,25)(H,23,24). The Bertz CT molecular complexity index is 781. The first kappa shape index (κ1) is 20.6. The van der Waals surface area contributed by atoms with Gasteiger partial charge in [0.25, 0.3) is 0 Å². The maximum Gasteiger partial charge on any atom is 0.239 e. The average molecular weight is 391 g/mol. The zero-order valence-corrected chi connectivity index (χ0v) is 16.1. The number of rotatable bonds is 9. The third-order valence-electron chi connectivity index (χ3n) is 3.72. The molecule has 2 N–H and O–H groups in total. The Labute approximate surface area is 163 Å². The van der Waals surface area contributed by atoms with Gasteiger partial charge in [0.1, 0.15) is 0 Å². The minimum absolute atomic E-state index is 0.0897. The van der Waals surface area contributed by atoms with E-state index < -0.39 is 0 Å². The van der Waals surface area contributed by atoms with E-state index in [1.54, 1.807) is 12.1 Å². The number of halogens is 1. The second-order valence-corrected chi connectivity index (χ2v) is 6.17. The highest BCUT2D eigenvalue weighted by Gasteiger charge is 2.12. The first-order valence-corrected chi connectivity index (χ1v) is 8.97. The molecule has 0 radical (unpaired) electrons. The van der Waals surface area contributed by atoms with Crippen LogP contribution < -0.4 is 20.1 Å². The molecule has 2 aromatic carbocycles.